The molecule has 0 aliphatic carbocycles. The number of thioether (sulfide) groups is 1. The Labute approximate surface area is 132 Å². The summed E-state index contributed by atoms with van der Waals surface area (Å²) < 4.78 is 5.83. The Balaban J connectivity index is 2.15. The lowest BCUT2D eigenvalue weighted by Gasteiger charge is -2.23. The van der Waals surface area contributed by atoms with Crippen molar-refractivity contribution in [3.05, 3.63) is 35.9 Å². The van der Waals surface area contributed by atoms with Gasteiger partial charge < -0.3 is 15.4 Å². The fraction of sp³-hybridized carbons (Fsp3) is 0.562. The average Bonchev–Trinajstić information content (AvgIpc) is 2.51. The van der Waals surface area contributed by atoms with E-state index in [1.807, 2.05) is 30.0 Å². The lowest BCUT2D eigenvalue weighted by atomic mass is 10.2. The summed E-state index contributed by atoms with van der Waals surface area (Å²) in [5.41, 5.74) is 1.20. The molecule has 0 radical (unpaired) electrons. The second-order valence-corrected chi connectivity index (χ2v) is 6.87. The minimum absolute atomic E-state index is 0.196. The molecular weight excluding hydrogens is 282 g/mol. The maximum Gasteiger partial charge on any atom is 0.191 e. The Hall–Kier alpha value is -1.20. The molecule has 5 heteroatoms. The summed E-state index contributed by atoms with van der Waals surface area (Å²) in [6.45, 7) is 7.34. The molecule has 0 atom stereocenters. The van der Waals surface area contributed by atoms with Gasteiger partial charge in [-0.25, -0.2) is 0 Å². The SMILES string of the molecule is CN=C(NCCOCc1ccccc1)NCC(C)(C)SC. The van der Waals surface area contributed by atoms with Crippen LogP contribution in [0.3, 0.4) is 0 Å². The summed E-state index contributed by atoms with van der Waals surface area (Å²) in [6, 6.07) is 10.2. The maximum atomic E-state index is 5.63. The van der Waals surface area contributed by atoms with Crippen molar-refractivity contribution in [3.63, 3.8) is 0 Å². The topological polar surface area (TPSA) is 45.7 Å². The van der Waals surface area contributed by atoms with Crippen LogP contribution in [-0.2, 0) is 11.3 Å². The number of benzene rings is 1. The number of nitrogens with one attached hydrogen (secondary N) is 2. The van der Waals surface area contributed by atoms with Crippen LogP contribution in [0, 0.1) is 0 Å². The van der Waals surface area contributed by atoms with E-state index in [0.717, 1.165) is 19.0 Å². The van der Waals surface area contributed by atoms with Crippen molar-refractivity contribution in [2.24, 2.45) is 4.99 Å². The third-order valence-electron chi connectivity index (χ3n) is 3.11. The third-order valence-corrected chi connectivity index (χ3v) is 4.36. The fourth-order valence-corrected chi connectivity index (χ4v) is 1.81. The number of nitrogens with zero attached hydrogens (tertiary/aromatic N) is 1. The van der Waals surface area contributed by atoms with Gasteiger partial charge in [-0.3, -0.25) is 4.99 Å². The standard InChI is InChI=1S/C16H27N3OS/c1-16(2,21-4)13-19-15(17-3)18-10-11-20-12-14-8-6-5-7-9-14/h5-9H,10-13H2,1-4H3,(H2,17,18,19). The monoisotopic (exact) mass is 309 g/mol. The van der Waals surface area contributed by atoms with Crippen molar-refractivity contribution in [3.8, 4) is 0 Å². The number of hydrogen-bond acceptors (Lipinski definition) is 3. The van der Waals surface area contributed by atoms with Gasteiger partial charge in [-0.15, -0.1) is 0 Å². The lowest BCUT2D eigenvalue weighted by Crippen LogP contribution is -2.44. The zero-order valence-electron chi connectivity index (χ0n) is 13.5. The number of rotatable bonds is 8. The van der Waals surface area contributed by atoms with Crippen molar-refractivity contribution in [1.82, 2.24) is 10.6 Å². The predicted octanol–water partition coefficient (Wildman–Crippen LogP) is 2.51. The Morgan fingerprint density at radius 1 is 1.24 bits per heavy atom. The van der Waals surface area contributed by atoms with E-state index in [1.54, 1.807) is 7.05 Å². The summed E-state index contributed by atoms with van der Waals surface area (Å²) >= 11 is 1.84. The molecule has 2 N–H and O–H groups in total. The van der Waals surface area contributed by atoms with Crippen molar-refractivity contribution < 1.29 is 4.74 Å². The van der Waals surface area contributed by atoms with Gasteiger partial charge in [-0.2, -0.15) is 11.8 Å². The van der Waals surface area contributed by atoms with Crippen LogP contribution in [0.2, 0.25) is 0 Å². The molecule has 118 valence electrons. The second-order valence-electron chi connectivity index (χ2n) is 5.35. The van der Waals surface area contributed by atoms with E-state index in [0.29, 0.717) is 13.2 Å². The molecule has 1 rings (SSSR count). The zero-order chi connectivity index (χ0) is 15.6. The van der Waals surface area contributed by atoms with Crippen LogP contribution in [-0.4, -0.2) is 43.7 Å². The first-order valence-corrected chi connectivity index (χ1v) is 8.41. The second kappa shape index (κ2) is 9.68. The van der Waals surface area contributed by atoms with Gasteiger partial charge in [0.25, 0.3) is 0 Å². The minimum atomic E-state index is 0.196. The van der Waals surface area contributed by atoms with Gasteiger partial charge in [-0.05, 0) is 25.7 Å². The molecule has 0 saturated heterocycles. The highest BCUT2D eigenvalue weighted by Crippen LogP contribution is 2.19. The van der Waals surface area contributed by atoms with E-state index in [-0.39, 0.29) is 4.75 Å². The fourth-order valence-electron chi connectivity index (χ4n) is 1.60. The van der Waals surface area contributed by atoms with E-state index in [4.69, 9.17) is 4.74 Å². The highest BCUT2D eigenvalue weighted by molar-refractivity contribution is 7.99. The van der Waals surface area contributed by atoms with E-state index in [1.165, 1.54) is 5.56 Å². The van der Waals surface area contributed by atoms with E-state index in [9.17, 15) is 0 Å². The Bertz CT molecular complexity index is 421. The predicted molar refractivity (Wildman–Crippen MR) is 93.1 cm³/mol. The summed E-state index contributed by atoms with van der Waals surface area (Å²) in [7, 11) is 1.78. The molecule has 0 aromatic heterocycles. The molecule has 0 bridgehead atoms. The molecule has 4 nitrogen and oxygen atoms in total. The maximum absolute atomic E-state index is 5.63. The molecule has 0 fully saturated rings. The van der Waals surface area contributed by atoms with Crippen LogP contribution in [0.15, 0.2) is 35.3 Å². The van der Waals surface area contributed by atoms with Gasteiger partial charge in [0.15, 0.2) is 5.96 Å². The minimum Gasteiger partial charge on any atom is -0.375 e. The van der Waals surface area contributed by atoms with Crippen LogP contribution in [0.4, 0.5) is 0 Å². The highest BCUT2D eigenvalue weighted by Gasteiger charge is 2.15. The first-order valence-electron chi connectivity index (χ1n) is 7.19. The van der Waals surface area contributed by atoms with Crippen LogP contribution < -0.4 is 10.6 Å². The van der Waals surface area contributed by atoms with Gasteiger partial charge in [0, 0.05) is 24.9 Å². The Kier molecular flexibility index (Phi) is 8.23. The molecule has 0 spiro atoms. The molecule has 1 aromatic rings. The molecule has 0 aliphatic rings. The lowest BCUT2D eigenvalue weighted by molar-refractivity contribution is 0.125. The quantitative estimate of drug-likeness (QED) is 0.440. The third kappa shape index (κ3) is 7.97. The van der Waals surface area contributed by atoms with Gasteiger partial charge in [0.1, 0.15) is 0 Å². The molecule has 21 heavy (non-hydrogen) atoms. The average molecular weight is 309 g/mol. The van der Waals surface area contributed by atoms with E-state index < -0.39 is 0 Å². The largest absolute Gasteiger partial charge is 0.375 e. The van der Waals surface area contributed by atoms with E-state index >= 15 is 0 Å². The van der Waals surface area contributed by atoms with Crippen molar-refractivity contribution in [2.75, 3.05) is 33.0 Å². The Morgan fingerprint density at radius 3 is 2.57 bits per heavy atom. The normalized spacial score (nSPS) is 12.3. The van der Waals surface area contributed by atoms with Crippen LogP contribution in [0.1, 0.15) is 19.4 Å². The number of hydrogen-bond donors (Lipinski definition) is 2. The van der Waals surface area contributed by atoms with E-state index in [2.05, 4.69) is 47.9 Å². The van der Waals surface area contributed by atoms with Crippen molar-refractivity contribution in [1.29, 1.82) is 0 Å². The number of aliphatic imine (C=N–C) groups is 1. The van der Waals surface area contributed by atoms with Crippen molar-refractivity contribution in [2.45, 2.75) is 25.2 Å². The number of ether oxygens (including phenoxy) is 1. The summed E-state index contributed by atoms with van der Waals surface area (Å²) in [5.74, 6) is 0.820. The molecule has 1 aromatic carbocycles. The molecule has 0 unspecified atom stereocenters. The molecule has 0 saturated carbocycles. The molecule has 0 heterocycles. The van der Waals surface area contributed by atoms with Crippen molar-refractivity contribution >= 4 is 17.7 Å². The van der Waals surface area contributed by atoms with Gasteiger partial charge >= 0.3 is 0 Å². The summed E-state index contributed by atoms with van der Waals surface area (Å²) in [5, 5.41) is 6.59. The van der Waals surface area contributed by atoms with Gasteiger partial charge in [-0.1, -0.05) is 30.3 Å². The van der Waals surface area contributed by atoms with Crippen LogP contribution in [0.5, 0.6) is 0 Å². The molecular formula is C16H27N3OS. The van der Waals surface area contributed by atoms with Gasteiger partial charge in [0.05, 0.1) is 13.2 Å². The van der Waals surface area contributed by atoms with Gasteiger partial charge in [0.2, 0.25) is 0 Å². The Morgan fingerprint density at radius 2 is 1.95 bits per heavy atom. The molecule has 0 amide bonds. The van der Waals surface area contributed by atoms with Crippen LogP contribution in [0.25, 0.3) is 0 Å². The zero-order valence-corrected chi connectivity index (χ0v) is 14.3. The number of guanidine groups is 1. The molecule has 0 aliphatic heterocycles. The highest BCUT2D eigenvalue weighted by atomic mass is 32.2. The first kappa shape index (κ1) is 17.9. The van der Waals surface area contributed by atoms with Crippen LogP contribution >= 0.6 is 11.8 Å². The summed E-state index contributed by atoms with van der Waals surface area (Å²) in [4.78, 5) is 4.21. The first-order chi connectivity index (χ1) is 10.1. The smallest absolute Gasteiger partial charge is 0.191 e. The summed E-state index contributed by atoms with van der Waals surface area (Å²) in [6.07, 6.45) is 2.12.